The van der Waals surface area contributed by atoms with E-state index in [1.807, 2.05) is 0 Å². The van der Waals surface area contributed by atoms with Crippen LogP contribution in [0.25, 0.3) is 11.3 Å². The Kier molecular flexibility index (Phi) is 3.19. The summed E-state index contributed by atoms with van der Waals surface area (Å²) in [5.74, 6) is -1.27. The second-order valence-electron chi connectivity index (χ2n) is 3.17. The molecule has 0 atom stereocenters. The van der Waals surface area contributed by atoms with Crippen LogP contribution in [0.15, 0.2) is 24.5 Å². The maximum atomic E-state index is 13.6. The van der Waals surface area contributed by atoms with Crippen LogP contribution in [-0.4, -0.2) is 17.1 Å². The van der Waals surface area contributed by atoms with Gasteiger partial charge in [0.1, 0.15) is 23.0 Å². The summed E-state index contributed by atoms with van der Waals surface area (Å²) in [6.07, 6.45) is 1.20. The van der Waals surface area contributed by atoms with Gasteiger partial charge in [-0.1, -0.05) is 11.6 Å². The van der Waals surface area contributed by atoms with Crippen LogP contribution >= 0.6 is 11.6 Å². The fourth-order valence-electron chi connectivity index (χ4n) is 1.37. The number of halogens is 3. The average molecular weight is 257 g/mol. The molecule has 0 aliphatic heterocycles. The second-order valence-corrected chi connectivity index (χ2v) is 3.55. The van der Waals surface area contributed by atoms with E-state index in [1.54, 1.807) is 0 Å². The molecule has 0 N–H and O–H groups in total. The summed E-state index contributed by atoms with van der Waals surface area (Å²) in [6, 6.07) is 3.15. The van der Waals surface area contributed by atoms with Crippen LogP contribution in [0.5, 0.6) is 5.88 Å². The molecule has 2 aromatic rings. The molecule has 0 fully saturated rings. The van der Waals surface area contributed by atoms with Crippen molar-refractivity contribution in [2.24, 2.45) is 0 Å². The molecular weight excluding hydrogens is 250 g/mol. The molecule has 0 unspecified atom stereocenters. The van der Waals surface area contributed by atoms with E-state index in [1.165, 1.54) is 19.5 Å². The summed E-state index contributed by atoms with van der Waals surface area (Å²) >= 11 is 5.94. The Labute approximate surface area is 101 Å². The van der Waals surface area contributed by atoms with Crippen LogP contribution in [0.2, 0.25) is 5.02 Å². The molecule has 1 aromatic carbocycles. The number of ether oxygens (including phenoxy) is 1. The van der Waals surface area contributed by atoms with Crippen molar-refractivity contribution in [3.63, 3.8) is 0 Å². The molecule has 0 bridgehead atoms. The second kappa shape index (κ2) is 4.63. The molecule has 1 aromatic heterocycles. The quantitative estimate of drug-likeness (QED) is 0.828. The number of benzene rings is 1. The number of rotatable bonds is 2. The first-order valence-corrected chi connectivity index (χ1v) is 5.01. The van der Waals surface area contributed by atoms with E-state index in [9.17, 15) is 8.78 Å². The summed E-state index contributed by atoms with van der Waals surface area (Å²) in [6.45, 7) is 0. The minimum atomic E-state index is -0.743. The first-order chi connectivity index (χ1) is 8.13. The van der Waals surface area contributed by atoms with E-state index in [0.717, 1.165) is 12.1 Å². The molecule has 17 heavy (non-hydrogen) atoms. The molecule has 0 aliphatic carbocycles. The van der Waals surface area contributed by atoms with Gasteiger partial charge in [-0.3, -0.25) is 0 Å². The lowest BCUT2D eigenvalue weighted by Gasteiger charge is -2.07. The lowest BCUT2D eigenvalue weighted by atomic mass is 10.1. The molecule has 0 amide bonds. The minimum absolute atomic E-state index is 0.0838. The van der Waals surface area contributed by atoms with Gasteiger partial charge in [-0.25, -0.2) is 18.7 Å². The fourth-order valence-corrected chi connectivity index (χ4v) is 1.64. The molecule has 2 rings (SSSR count). The van der Waals surface area contributed by atoms with Crippen molar-refractivity contribution >= 4 is 11.6 Å². The number of hydrogen-bond donors (Lipinski definition) is 0. The Morgan fingerprint density at radius 3 is 2.65 bits per heavy atom. The first-order valence-electron chi connectivity index (χ1n) is 4.63. The average Bonchev–Trinajstić information content (AvgIpc) is 2.30. The monoisotopic (exact) mass is 256 g/mol. The van der Waals surface area contributed by atoms with Crippen LogP contribution in [0.4, 0.5) is 8.78 Å². The van der Waals surface area contributed by atoms with E-state index in [-0.39, 0.29) is 22.2 Å². The van der Waals surface area contributed by atoms with Crippen molar-refractivity contribution in [3.8, 4) is 17.1 Å². The summed E-state index contributed by atoms with van der Waals surface area (Å²) < 4.78 is 31.2. The Hall–Kier alpha value is -1.75. The third kappa shape index (κ3) is 2.19. The minimum Gasteiger partial charge on any atom is -0.480 e. The zero-order valence-corrected chi connectivity index (χ0v) is 9.50. The van der Waals surface area contributed by atoms with Crippen LogP contribution in [0.3, 0.4) is 0 Å². The SMILES string of the molecule is COc1ncnc(-c2ccc(F)cc2F)c1Cl. The van der Waals surface area contributed by atoms with Gasteiger partial charge in [0.05, 0.1) is 12.8 Å². The highest BCUT2D eigenvalue weighted by molar-refractivity contribution is 6.34. The van der Waals surface area contributed by atoms with E-state index in [2.05, 4.69) is 9.97 Å². The summed E-state index contributed by atoms with van der Waals surface area (Å²) in [4.78, 5) is 7.63. The zero-order valence-electron chi connectivity index (χ0n) is 8.75. The van der Waals surface area contributed by atoms with Crippen LogP contribution < -0.4 is 4.74 Å². The van der Waals surface area contributed by atoms with Gasteiger partial charge in [-0.05, 0) is 12.1 Å². The molecule has 0 saturated carbocycles. The lowest BCUT2D eigenvalue weighted by Crippen LogP contribution is -1.95. The van der Waals surface area contributed by atoms with Gasteiger partial charge < -0.3 is 4.74 Å². The molecular formula is C11H7ClF2N2O. The van der Waals surface area contributed by atoms with E-state index < -0.39 is 11.6 Å². The van der Waals surface area contributed by atoms with Crippen molar-refractivity contribution in [1.82, 2.24) is 9.97 Å². The lowest BCUT2D eigenvalue weighted by molar-refractivity contribution is 0.397. The van der Waals surface area contributed by atoms with Gasteiger partial charge in [-0.2, -0.15) is 0 Å². The number of aromatic nitrogens is 2. The Bertz CT molecular complexity index is 563. The van der Waals surface area contributed by atoms with Gasteiger partial charge in [0.2, 0.25) is 5.88 Å². The topological polar surface area (TPSA) is 35.0 Å². The summed E-state index contributed by atoms with van der Waals surface area (Å²) in [5, 5.41) is 0.0838. The largest absolute Gasteiger partial charge is 0.480 e. The van der Waals surface area contributed by atoms with Crippen LogP contribution in [0, 0.1) is 11.6 Å². The Morgan fingerprint density at radius 1 is 1.24 bits per heavy atom. The van der Waals surface area contributed by atoms with Gasteiger partial charge >= 0.3 is 0 Å². The predicted octanol–water partition coefficient (Wildman–Crippen LogP) is 3.08. The van der Waals surface area contributed by atoms with E-state index >= 15 is 0 Å². The number of hydrogen-bond acceptors (Lipinski definition) is 3. The maximum Gasteiger partial charge on any atom is 0.236 e. The van der Waals surface area contributed by atoms with Crippen molar-refractivity contribution in [3.05, 3.63) is 41.2 Å². The van der Waals surface area contributed by atoms with E-state index in [4.69, 9.17) is 16.3 Å². The normalized spacial score (nSPS) is 10.4. The number of methoxy groups -OCH3 is 1. The standard InChI is InChI=1S/C11H7ClF2N2O/c1-17-11-9(12)10(15-5-16-11)7-3-2-6(13)4-8(7)14/h2-5H,1H3. The summed E-state index contributed by atoms with van der Waals surface area (Å²) in [5.41, 5.74) is 0.258. The Balaban J connectivity index is 2.60. The van der Waals surface area contributed by atoms with Crippen molar-refractivity contribution in [2.45, 2.75) is 0 Å². The molecule has 0 radical (unpaired) electrons. The molecule has 88 valence electrons. The first kappa shape index (κ1) is 11.7. The van der Waals surface area contributed by atoms with E-state index in [0.29, 0.717) is 0 Å². The van der Waals surface area contributed by atoms with Crippen molar-refractivity contribution in [1.29, 1.82) is 0 Å². The highest BCUT2D eigenvalue weighted by Crippen LogP contribution is 2.32. The molecule has 6 heteroatoms. The maximum absolute atomic E-state index is 13.6. The van der Waals surface area contributed by atoms with Crippen molar-refractivity contribution < 1.29 is 13.5 Å². The zero-order chi connectivity index (χ0) is 12.4. The Morgan fingerprint density at radius 2 is 2.00 bits per heavy atom. The van der Waals surface area contributed by atoms with Crippen molar-refractivity contribution in [2.75, 3.05) is 7.11 Å². The molecule has 0 aliphatic rings. The number of nitrogens with zero attached hydrogens (tertiary/aromatic N) is 2. The molecule has 0 saturated heterocycles. The highest BCUT2D eigenvalue weighted by Gasteiger charge is 2.15. The van der Waals surface area contributed by atoms with Gasteiger partial charge in [0.25, 0.3) is 0 Å². The van der Waals surface area contributed by atoms with Crippen LogP contribution in [0.1, 0.15) is 0 Å². The smallest absolute Gasteiger partial charge is 0.236 e. The fraction of sp³-hybridized carbons (Fsp3) is 0.0909. The predicted molar refractivity (Wildman–Crippen MR) is 58.9 cm³/mol. The van der Waals surface area contributed by atoms with Gasteiger partial charge in [-0.15, -0.1) is 0 Å². The molecule has 0 spiro atoms. The van der Waals surface area contributed by atoms with Gasteiger partial charge in [0.15, 0.2) is 0 Å². The molecule has 1 heterocycles. The van der Waals surface area contributed by atoms with Crippen LogP contribution in [-0.2, 0) is 0 Å². The molecule has 3 nitrogen and oxygen atoms in total. The highest BCUT2D eigenvalue weighted by atomic mass is 35.5. The third-order valence-electron chi connectivity index (χ3n) is 2.14. The summed E-state index contributed by atoms with van der Waals surface area (Å²) in [7, 11) is 1.39. The third-order valence-corrected chi connectivity index (χ3v) is 2.48. The van der Waals surface area contributed by atoms with Gasteiger partial charge in [0, 0.05) is 11.6 Å².